The Kier molecular flexibility index (Phi) is 7.52. The lowest BCUT2D eigenvalue weighted by Gasteiger charge is -2.39. The van der Waals surface area contributed by atoms with Gasteiger partial charge in [-0.05, 0) is 27.7 Å². The van der Waals surface area contributed by atoms with Crippen molar-refractivity contribution >= 4 is 11.9 Å². The fourth-order valence-electron chi connectivity index (χ4n) is 2.64. The van der Waals surface area contributed by atoms with E-state index < -0.39 is 17.6 Å². The van der Waals surface area contributed by atoms with E-state index in [1.54, 1.807) is 7.05 Å². The number of carbonyl (C=O) groups excluding carboxylic acids is 1. The molecule has 0 radical (unpaired) electrons. The molecule has 0 aromatic carbocycles. The molecular formula is C16H30F3N5O. The lowest BCUT2D eigenvalue weighted by Crippen LogP contribution is -2.57. The van der Waals surface area contributed by atoms with E-state index in [-0.39, 0.29) is 5.91 Å². The van der Waals surface area contributed by atoms with Crippen molar-refractivity contribution in [3.8, 4) is 0 Å². The smallest absolute Gasteiger partial charge is 0.359 e. The zero-order valence-corrected chi connectivity index (χ0v) is 15.7. The maximum atomic E-state index is 12.8. The predicted octanol–water partition coefficient (Wildman–Crippen LogP) is 1.29. The van der Waals surface area contributed by atoms with Crippen LogP contribution in [0.2, 0.25) is 0 Å². The number of hydrogen-bond donors (Lipinski definition) is 2. The Morgan fingerprint density at radius 1 is 1.20 bits per heavy atom. The van der Waals surface area contributed by atoms with Crippen molar-refractivity contribution in [2.24, 2.45) is 10.4 Å². The van der Waals surface area contributed by atoms with Crippen LogP contribution in [0.5, 0.6) is 0 Å². The molecule has 1 rings (SSSR count). The van der Waals surface area contributed by atoms with Crippen molar-refractivity contribution in [1.82, 2.24) is 20.4 Å². The molecule has 25 heavy (non-hydrogen) atoms. The third-order valence-corrected chi connectivity index (χ3v) is 4.44. The molecule has 1 amide bonds. The largest absolute Gasteiger partial charge is 0.403 e. The summed E-state index contributed by atoms with van der Waals surface area (Å²) in [6, 6.07) is -1.44. The Labute approximate surface area is 147 Å². The average molecular weight is 365 g/mol. The number of guanidine groups is 1. The van der Waals surface area contributed by atoms with E-state index in [0.717, 1.165) is 0 Å². The molecule has 0 spiro atoms. The second-order valence-electron chi connectivity index (χ2n) is 6.87. The highest BCUT2D eigenvalue weighted by molar-refractivity contribution is 5.83. The van der Waals surface area contributed by atoms with Crippen LogP contribution in [0.3, 0.4) is 0 Å². The van der Waals surface area contributed by atoms with Gasteiger partial charge in [0.15, 0.2) is 5.96 Å². The van der Waals surface area contributed by atoms with Gasteiger partial charge in [0.1, 0.15) is 6.04 Å². The summed E-state index contributed by atoms with van der Waals surface area (Å²) in [6.45, 7) is 9.27. The van der Waals surface area contributed by atoms with E-state index >= 15 is 0 Å². The second-order valence-corrected chi connectivity index (χ2v) is 6.87. The van der Waals surface area contributed by atoms with E-state index in [9.17, 15) is 18.0 Å². The molecule has 1 fully saturated rings. The molecule has 1 atom stereocenters. The van der Waals surface area contributed by atoms with Gasteiger partial charge in [-0.2, -0.15) is 13.2 Å². The van der Waals surface area contributed by atoms with Crippen LogP contribution in [0.1, 0.15) is 27.7 Å². The number of hydrogen-bond acceptors (Lipinski definition) is 3. The van der Waals surface area contributed by atoms with Gasteiger partial charge < -0.3 is 15.5 Å². The van der Waals surface area contributed by atoms with Crippen LogP contribution in [-0.2, 0) is 4.79 Å². The zero-order valence-electron chi connectivity index (χ0n) is 15.7. The molecule has 146 valence electrons. The van der Waals surface area contributed by atoms with Gasteiger partial charge in [0.2, 0.25) is 5.91 Å². The number of rotatable bonds is 5. The lowest BCUT2D eigenvalue weighted by molar-refractivity contribution is -0.181. The van der Waals surface area contributed by atoms with E-state index in [1.807, 2.05) is 25.7 Å². The van der Waals surface area contributed by atoms with E-state index in [4.69, 9.17) is 0 Å². The van der Waals surface area contributed by atoms with Gasteiger partial charge >= 0.3 is 6.18 Å². The third-order valence-electron chi connectivity index (χ3n) is 4.44. The standard InChI is InChI=1S/C16H30F3N5O/c1-6-21-14(22-11-15(3,4)13(25)20-5)24-9-7-23(8-10-24)12(2)16(17,18)19/h12H,6-11H2,1-5H3,(H,20,25)(H,21,22). The second kappa shape index (κ2) is 8.73. The average Bonchev–Trinajstić information content (AvgIpc) is 2.56. The summed E-state index contributed by atoms with van der Waals surface area (Å²) in [4.78, 5) is 19.8. The Balaban J connectivity index is 2.73. The van der Waals surface area contributed by atoms with Gasteiger partial charge in [-0.15, -0.1) is 0 Å². The molecule has 0 aliphatic carbocycles. The molecule has 1 aliphatic rings. The molecule has 0 aromatic rings. The molecule has 1 heterocycles. The quantitative estimate of drug-likeness (QED) is 0.569. The maximum Gasteiger partial charge on any atom is 0.403 e. The van der Waals surface area contributed by atoms with Crippen LogP contribution in [0.15, 0.2) is 4.99 Å². The molecule has 9 heteroatoms. The van der Waals surface area contributed by atoms with Crippen molar-refractivity contribution in [1.29, 1.82) is 0 Å². The summed E-state index contributed by atoms with van der Waals surface area (Å²) in [5.74, 6) is 0.537. The fraction of sp³-hybridized carbons (Fsp3) is 0.875. The molecule has 2 N–H and O–H groups in total. The number of halogens is 3. The van der Waals surface area contributed by atoms with Gasteiger partial charge in [0.25, 0.3) is 0 Å². The van der Waals surface area contributed by atoms with E-state index in [1.165, 1.54) is 11.8 Å². The first-order chi connectivity index (χ1) is 11.5. The van der Waals surface area contributed by atoms with Crippen molar-refractivity contribution in [3.05, 3.63) is 0 Å². The normalized spacial score (nSPS) is 18.9. The van der Waals surface area contributed by atoms with Crippen LogP contribution in [0.4, 0.5) is 13.2 Å². The zero-order chi connectivity index (χ0) is 19.3. The molecule has 0 bridgehead atoms. The van der Waals surface area contributed by atoms with Gasteiger partial charge in [-0.1, -0.05) is 0 Å². The summed E-state index contributed by atoms with van der Waals surface area (Å²) in [6.07, 6.45) is -4.21. The maximum absolute atomic E-state index is 12.8. The van der Waals surface area contributed by atoms with Crippen molar-refractivity contribution in [3.63, 3.8) is 0 Å². The number of nitrogens with one attached hydrogen (secondary N) is 2. The number of nitrogens with zero attached hydrogens (tertiary/aromatic N) is 3. The van der Waals surface area contributed by atoms with Crippen molar-refractivity contribution < 1.29 is 18.0 Å². The fourth-order valence-corrected chi connectivity index (χ4v) is 2.64. The molecule has 1 aliphatic heterocycles. The Bertz CT molecular complexity index is 471. The molecule has 0 aromatic heterocycles. The topological polar surface area (TPSA) is 60.0 Å². The minimum absolute atomic E-state index is 0.101. The summed E-state index contributed by atoms with van der Waals surface area (Å²) < 4.78 is 38.5. The molecule has 1 saturated heterocycles. The highest BCUT2D eigenvalue weighted by atomic mass is 19.4. The van der Waals surface area contributed by atoms with Crippen molar-refractivity contribution in [2.45, 2.75) is 39.9 Å². The van der Waals surface area contributed by atoms with Gasteiger partial charge in [-0.3, -0.25) is 14.7 Å². The first-order valence-electron chi connectivity index (χ1n) is 8.59. The number of carbonyl (C=O) groups is 1. The van der Waals surface area contributed by atoms with Crippen LogP contribution in [0, 0.1) is 5.41 Å². The molecule has 1 unspecified atom stereocenters. The molecular weight excluding hydrogens is 335 g/mol. The summed E-state index contributed by atoms with van der Waals surface area (Å²) in [7, 11) is 1.58. The third kappa shape index (κ3) is 6.05. The SMILES string of the molecule is CCNC(=NCC(C)(C)C(=O)NC)N1CCN(C(C)C(F)(F)F)CC1. The van der Waals surface area contributed by atoms with E-state index in [2.05, 4.69) is 15.6 Å². The van der Waals surface area contributed by atoms with Crippen LogP contribution >= 0.6 is 0 Å². The number of amides is 1. The van der Waals surface area contributed by atoms with Crippen LogP contribution in [-0.4, -0.2) is 80.2 Å². The summed E-state index contributed by atoms with van der Waals surface area (Å²) in [5, 5.41) is 5.78. The van der Waals surface area contributed by atoms with Crippen LogP contribution < -0.4 is 10.6 Å². The Morgan fingerprint density at radius 3 is 2.20 bits per heavy atom. The van der Waals surface area contributed by atoms with Gasteiger partial charge in [0.05, 0.1) is 12.0 Å². The summed E-state index contributed by atoms with van der Waals surface area (Å²) >= 11 is 0. The number of alkyl halides is 3. The first-order valence-corrected chi connectivity index (χ1v) is 8.59. The minimum atomic E-state index is -4.21. The minimum Gasteiger partial charge on any atom is -0.359 e. The highest BCUT2D eigenvalue weighted by Gasteiger charge is 2.41. The van der Waals surface area contributed by atoms with Crippen molar-refractivity contribution in [2.75, 3.05) is 46.3 Å². The lowest BCUT2D eigenvalue weighted by atomic mass is 9.93. The van der Waals surface area contributed by atoms with Crippen LogP contribution in [0.25, 0.3) is 0 Å². The molecule has 0 saturated carbocycles. The van der Waals surface area contributed by atoms with E-state index in [0.29, 0.717) is 45.2 Å². The number of piperazine rings is 1. The molecule has 6 nitrogen and oxygen atoms in total. The van der Waals surface area contributed by atoms with Gasteiger partial charge in [-0.25, -0.2) is 0 Å². The summed E-state index contributed by atoms with van der Waals surface area (Å²) in [5.41, 5.74) is -0.651. The Morgan fingerprint density at radius 2 is 1.76 bits per heavy atom. The van der Waals surface area contributed by atoms with Gasteiger partial charge in [0, 0.05) is 39.8 Å². The highest BCUT2D eigenvalue weighted by Crippen LogP contribution is 2.25. The predicted molar refractivity (Wildman–Crippen MR) is 92.5 cm³/mol. The number of aliphatic imine (C=N–C) groups is 1. The monoisotopic (exact) mass is 365 g/mol. The Hall–Kier alpha value is -1.51. The first kappa shape index (κ1) is 21.5.